The average molecular weight is 250 g/mol. The molecular weight excluding hydrogens is 238 g/mol. The normalized spacial score (nSPS) is 11.3. The summed E-state index contributed by atoms with van der Waals surface area (Å²) in [5, 5.41) is 0. The number of nitrogens with zero attached hydrogens (tertiary/aromatic N) is 2. The van der Waals surface area contributed by atoms with E-state index in [1.54, 1.807) is 0 Å². The second-order valence-corrected chi connectivity index (χ2v) is 5.16. The molecule has 0 amide bonds. The predicted octanol–water partition coefficient (Wildman–Crippen LogP) is 1.24. The molecule has 1 rings (SSSR count). The number of sulfonamides is 1. The zero-order valence-electron chi connectivity index (χ0n) is 8.06. The Morgan fingerprint density at radius 2 is 1.93 bits per heavy atom. The second-order valence-electron chi connectivity index (χ2n) is 2.94. The number of nitrogens with one attached hydrogen (secondary N) is 1. The number of alkyl halides is 1. The van der Waals surface area contributed by atoms with Crippen LogP contribution >= 0.6 is 11.6 Å². The molecule has 84 valence electrons. The summed E-state index contributed by atoms with van der Waals surface area (Å²) < 4.78 is 25.3. The standard InChI is InChI=1S/C8H12ClN3O2S/c9-3-1-2-4-15(13,14)12-8-5-10-7-11-6-8/h5-7,12H,1-4H2. The van der Waals surface area contributed by atoms with Gasteiger partial charge in [-0.2, -0.15) is 0 Å². The highest BCUT2D eigenvalue weighted by molar-refractivity contribution is 7.92. The van der Waals surface area contributed by atoms with Gasteiger partial charge in [0.2, 0.25) is 10.0 Å². The third-order valence-corrected chi connectivity index (χ3v) is 3.27. The number of aromatic nitrogens is 2. The fourth-order valence-corrected chi connectivity index (χ4v) is 2.31. The van der Waals surface area contributed by atoms with Gasteiger partial charge in [0.1, 0.15) is 6.33 Å². The van der Waals surface area contributed by atoms with Crippen molar-refractivity contribution in [3.63, 3.8) is 0 Å². The first-order valence-electron chi connectivity index (χ1n) is 4.45. The van der Waals surface area contributed by atoms with Gasteiger partial charge in [-0.3, -0.25) is 4.72 Å². The molecule has 1 N–H and O–H groups in total. The van der Waals surface area contributed by atoms with Gasteiger partial charge in [-0.05, 0) is 12.8 Å². The van der Waals surface area contributed by atoms with Gasteiger partial charge in [-0.1, -0.05) is 0 Å². The average Bonchev–Trinajstić information content (AvgIpc) is 2.18. The summed E-state index contributed by atoms with van der Waals surface area (Å²) in [7, 11) is -3.30. The van der Waals surface area contributed by atoms with E-state index >= 15 is 0 Å². The van der Waals surface area contributed by atoms with Crippen molar-refractivity contribution in [2.24, 2.45) is 0 Å². The molecule has 7 heteroatoms. The van der Waals surface area contributed by atoms with Crippen molar-refractivity contribution in [3.05, 3.63) is 18.7 Å². The Labute approximate surface area is 93.9 Å². The van der Waals surface area contributed by atoms with Crippen molar-refractivity contribution < 1.29 is 8.42 Å². The van der Waals surface area contributed by atoms with E-state index in [0.717, 1.165) is 0 Å². The highest BCUT2D eigenvalue weighted by Gasteiger charge is 2.09. The summed E-state index contributed by atoms with van der Waals surface area (Å²) in [5.74, 6) is 0.540. The molecule has 0 radical (unpaired) electrons. The minimum absolute atomic E-state index is 0.0641. The molecule has 0 aliphatic heterocycles. The third kappa shape index (κ3) is 4.94. The van der Waals surface area contributed by atoms with Crippen LogP contribution in [0.1, 0.15) is 12.8 Å². The Hall–Kier alpha value is -0.880. The quantitative estimate of drug-likeness (QED) is 0.608. The summed E-state index contributed by atoms with van der Waals surface area (Å²) in [6.45, 7) is 0. The van der Waals surface area contributed by atoms with Crippen LogP contribution in [-0.2, 0) is 10.0 Å². The van der Waals surface area contributed by atoms with Crippen LogP contribution in [0.2, 0.25) is 0 Å². The monoisotopic (exact) mass is 249 g/mol. The van der Waals surface area contributed by atoms with Crippen molar-refractivity contribution in [1.29, 1.82) is 0 Å². The summed E-state index contributed by atoms with van der Waals surface area (Å²) in [4.78, 5) is 7.41. The lowest BCUT2D eigenvalue weighted by Gasteiger charge is -2.05. The summed E-state index contributed by atoms with van der Waals surface area (Å²) in [5.41, 5.74) is 0.378. The first kappa shape index (κ1) is 12.2. The molecule has 0 fully saturated rings. The van der Waals surface area contributed by atoms with Crippen LogP contribution in [0.3, 0.4) is 0 Å². The summed E-state index contributed by atoms with van der Waals surface area (Å²) in [6.07, 6.45) is 5.39. The van der Waals surface area contributed by atoms with Gasteiger partial charge >= 0.3 is 0 Å². The van der Waals surface area contributed by atoms with E-state index in [1.807, 2.05) is 0 Å². The zero-order chi connectivity index (χ0) is 11.1. The number of hydrogen-bond donors (Lipinski definition) is 1. The van der Waals surface area contributed by atoms with E-state index < -0.39 is 10.0 Å². The van der Waals surface area contributed by atoms with Crippen molar-refractivity contribution in [2.45, 2.75) is 12.8 Å². The minimum atomic E-state index is -3.30. The van der Waals surface area contributed by atoms with Gasteiger partial charge in [0, 0.05) is 5.88 Å². The molecule has 1 heterocycles. The van der Waals surface area contributed by atoms with Crippen LogP contribution in [0.4, 0.5) is 5.69 Å². The molecule has 0 bridgehead atoms. The van der Waals surface area contributed by atoms with E-state index in [9.17, 15) is 8.42 Å². The lowest BCUT2D eigenvalue weighted by molar-refractivity contribution is 0.598. The van der Waals surface area contributed by atoms with E-state index in [1.165, 1.54) is 18.7 Å². The van der Waals surface area contributed by atoms with Gasteiger partial charge in [0.25, 0.3) is 0 Å². The van der Waals surface area contributed by atoms with Gasteiger partial charge in [0.05, 0.1) is 23.8 Å². The highest BCUT2D eigenvalue weighted by atomic mass is 35.5. The first-order chi connectivity index (χ1) is 7.14. The largest absolute Gasteiger partial charge is 0.280 e. The van der Waals surface area contributed by atoms with Crippen LogP contribution in [0, 0.1) is 0 Å². The van der Waals surface area contributed by atoms with E-state index in [-0.39, 0.29) is 5.75 Å². The molecule has 1 aromatic rings. The van der Waals surface area contributed by atoms with Gasteiger partial charge in [-0.15, -0.1) is 11.6 Å². The van der Waals surface area contributed by atoms with Crippen molar-refractivity contribution in [1.82, 2.24) is 9.97 Å². The Morgan fingerprint density at radius 3 is 2.53 bits per heavy atom. The number of hydrogen-bond acceptors (Lipinski definition) is 4. The molecular formula is C8H12ClN3O2S. The molecule has 0 aliphatic carbocycles. The van der Waals surface area contributed by atoms with Gasteiger partial charge in [0.15, 0.2) is 0 Å². The third-order valence-electron chi connectivity index (χ3n) is 1.63. The lowest BCUT2D eigenvalue weighted by Crippen LogP contribution is -2.17. The fraction of sp³-hybridized carbons (Fsp3) is 0.500. The number of rotatable bonds is 6. The van der Waals surface area contributed by atoms with Crippen molar-refractivity contribution in [2.75, 3.05) is 16.4 Å². The van der Waals surface area contributed by atoms with Crippen LogP contribution in [0.25, 0.3) is 0 Å². The molecule has 0 saturated carbocycles. The number of unbranched alkanes of at least 4 members (excludes halogenated alkanes) is 1. The Balaban J connectivity index is 2.50. The molecule has 5 nitrogen and oxygen atoms in total. The predicted molar refractivity (Wildman–Crippen MR) is 59.4 cm³/mol. The fourth-order valence-electron chi connectivity index (χ4n) is 0.969. The molecule has 0 unspecified atom stereocenters. The maximum Gasteiger partial charge on any atom is 0.232 e. The van der Waals surface area contributed by atoms with E-state index in [2.05, 4.69) is 14.7 Å². The van der Waals surface area contributed by atoms with Crippen LogP contribution in [-0.4, -0.2) is 30.0 Å². The molecule has 0 atom stereocenters. The van der Waals surface area contributed by atoms with Gasteiger partial charge < -0.3 is 0 Å². The summed E-state index contributed by atoms with van der Waals surface area (Å²) >= 11 is 5.46. The SMILES string of the molecule is O=S(=O)(CCCCCl)Nc1cncnc1. The van der Waals surface area contributed by atoms with E-state index in [4.69, 9.17) is 11.6 Å². The van der Waals surface area contributed by atoms with Crippen LogP contribution in [0.15, 0.2) is 18.7 Å². The Bertz CT molecular complexity index is 382. The zero-order valence-corrected chi connectivity index (χ0v) is 9.63. The Kier molecular flexibility index (Phi) is 4.77. The van der Waals surface area contributed by atoms with E-state index in [0.29, 0.717) is 24.4 Å². The van der Waals surface area contributed by atoms with Crippen molar-refractivity contribution >= 4 is 27.3 Å². The Morgan fingerprint density at radius 1 is 1.27 bits per heavy atom. The smallest absolute Gasteiger partial charge is 0.232 e. The molecule has 0 spiro atoms. The molecule has 0 saturated heterocycles. The second kappa shape index (κ2) is 5.87. The van der Waals surface area contributed by atoms with Crippen molar-refractivity contribution in [3.8, 4) is 0 Å². The highest BCUT2D eigenvalue weighted by Crippen LogP contribution is 2.06. The van der Waals surface area contributed by atoms with Crippen LogP contribution < -0.4 is 4.72 Å². The molecule has 0 aromatic carbocycles. The molecule has 0 aliphatic rings. The maximum atomic E-state index is 11.5. The minimum Gasteiger partial charge on any atom is -0.280 e. The van der Waals surface area contributed by atoms with Gasteiger partial charge in [-0.25, -0.2) is 18.4 Å². The first-order valence-corrected chi connectivity index (χ1v) is 6.64. The number of halogens is 1. The molecule has 15 heavy (non-hydrogen) atoms. The summed E-state index contributed by atoms with van der Waals surface area (Å²) in [6, 6.07) is 0. The van der Waals surface area contributed by atoms with Crippen LogP contribution in [0.5, 0.6) is 0 Å². The maximum absolute atomic E-state index is 11.5. The topological polar surface area (TPSA) is 72.0 Å². The number of anilines is 1. The lowest BCUT2D eigenvalue weighted by atomic mass is 10.4. The molecule has 1 aromatic heterocycles.